The normalized spacial score (nSPS) is 16.7. The Balaban J connectivity index is 1.17. The van der Waals surface area contributed by atoms with Gasteiger partial charge < -0.3 is 19.7 Å². The molecule has 2 aromatic carbocycles. The van der Waals surface area contributed by atoms with E-state index >= 15 is 0 Å². The molecule has 0 aromatic heterocycles. The van der Waals surface area contributed by atoms with Crippen molar-refractivity contribution in [3.05, 3.63) is 53.6 Å². The Morgan fingerprint density at radius 1 is 0.931 bits per heavy atom. The standard InChI is InChI=1S/C23H29N3O3/c1-2-18-3-6-20(7-4-18)24-23(27)9-10-25-11-13-26(14-12-25)16-19-5-8-21-22(15-19)29-17-28-21/h3-8,15H,2,9-14,16-17H2,1H3,(H,24,27). The number of fused-ring (bicyclic) bond motifs is 1. The number of nitrogens with one attached hydrogen (secondary N) is 1. The summed E-state index contributed by atoms with van der Waals surface area (Å²) >= 11 is 0. The lowest BCUT2D eigenvalue weighted by Gasteiger charge is -2.34. The third-order valence-electron chi connectivity index (χ3n) is 5.61. The lowest BCUT2D eigenvalue weighted by Crippen LogP contribution is -2.46. The quantitative estimate of drug-likeness (QED) is 0.781. The summed E-state index contributed by atoms with van der Waals surface area (Å²) in [6.45, 7) is 8.15. The summed E-state index contributed by atoms with van der Waals surface area (Å²) in [7, 11) is 0. The van der Waals surface area contributed by atoms with E-state index in [9.17, 15) is 4.79 Å². The molecule has 1 saturated heterocycles. The minimum Gasteiger partial charge on any atom is -0.454 e. The van der Waals surface area contributed by atoms with Crippen LogP contribution in [0.25, 0.3) is 0 Å². The number of aryl methyl sites for hydroxylation is 1. The Labute approximate surface area is 172 Å². The molecule has 0 saturated carbocycles. The molecule has 0 spiro atoms. The van der Waals surface area contributed by atoms with Crippen molar-refractivity contribution in [2.45, 2.75) is 26.3 Å². The Morgan fingerprint density at radius 2 is 1.62 bits per heavy atom. The largest absolute Gasteiger partial charge is 0.454 e. The molecule has 0 aliphatic carbocycles. The molecule has 154 valence electrons. The van der Waals surface area contributed by atoms with Gasteiger partial charge in [0.2, 0.25) is 12.7 Å². The fourth-order valence-corrected chi connectivity index (χ4v) is 3.78. The van der Waals surface area contributed by atoms with Crippen LogP contribution >= 0.6 is 0 Å². The number of piperazine rings is 1. The molecular formula is C23H29N3O3. The van der Waals surface area contributed by atoms with Gasteiger partial charge in [0.25, 0.3) is 0 Å². The maximum atomic E-state index is 12.2. The van der Waals surface area contributed by atoms with Crippen LogP contribution in [-0.2, 0) is 17.8 Å². The summed E-state index contributed by atoms with van der Waals surface area (Å²) in [4.78, 5) is 17.1. The highest BCUT2D eigenvalue weighted by molar-refractivity contribution is 5.90. The Kier molecular flexibility index (Phi) is 6.32. The second kappa shape index (κ2) is 9.29. The van der Waals surface area contributed by atoms with Crippen molar-refractivity contribution in [3.8, 4) is 11.5 Å². The van der Waals surface area contributed by atoms with E-state index in [-0.39, 0.29) is 5.91 Å². The van der Waals surface area contributed by atoms with Gasteiger partial charge in [-0.2, -0.15) is 0 Å². The zero-order valence-electron chi connectivity index (χ0n) is 17.0. The average Bonchev–Trinajstić information content (AvgIpc) is 3.22. The highest BCUT2D eigenvalue weighted by Crippen LogP contribution is 2.32. The van der Waals surface area contributed by atoms with Gasteiger partial charge in [0.15, 0.2) is 11.5 Å². The fraction of sp³-hybridized carbons (Fsp3) is 0.435. The number of benzene rings is 2. The number of ether oxygens (including phenoxy) is 2. The summed E-state index contributed by atoms with van der Waals surface area (Å²) in [6.07, 6.45) is 1.53. The van der Waals surface area contributed by atoms with Crippen LogP contribution in [0.1, 0.15) is 24.5 Å². The molecule has 0 radical (unpaired) electrons. The number of hydrogen-bond donors (Lipinski definition) is 1. The molecule has 0 unspecified atom stereocenters. The monoisotopic (exact) mass is 395 g/mol. The zero-order valence-corrected chi connectivity index (χ0v) is 17.0. The van der Waals surface area contributed by atoms with Crippen molar-refractivity contribution in [2.24, 2.45) is 0 Å². The van der Waals surface area contributed by atoms with Crippen LogP contribution in [0.2, 0.25) is 0 Å². The second-order valence-electron chi connectivity index (χ2n) is 7.65. The van der Waals surface area contributed by atoms with Crippen LogP contribution in [0.15, 0.2) is 42.5 Å². The summed E-state index contributed by atoms with van der Waals surface area (Å²) in [5.41, 5.74) is 3.40. The minimum atomic E-state index is 0.0806. The molecule has 6 nitrogen and oxygen atoms in total. The first-order chi connectivity index (χ1) is 14.2. The van der Waals surface area contributed by atoms with E-state index in [0.717, 1.165) is 62.9 Å². The Bertz CT molecular complexity index is 830. The molecule has 2 aromatic rings. The lowest BCUT2D eigenvalue weighted by molar-refractivity contribution is -0.116. The highest BCUT2D eigenvalue weighted by atomic mass is 16.7. The second-order valence-corrected chi connectivity index (χ2v) is 7.65. The van der Waals surface area contributed by atoms with Gasteiger partial charge in [-0.05, 0) is 41.8 Å². The van der Waals surface area contributed by atoms with Crippen LogP contribution in [0.4, 0.5) is 5.69 Å². The van der Waals surface area contributed by atoms with Crippen LogP contribution in [0, 0.1) is 0 Å². The maximum Gasteiger partial charge on any atom is 0.231 e. The van der Waals surface area contributed by atoms with E-state index in [4.69, 9.17) is 9.47 Å². The fourth-order valence-electron chi connectivity index (χ4n) is 3.78. The van der Waals surface area contributed by atoms with Crippen LogP contribution in [0.3, 0.4) is 0 Å². The van der Waals surface area contributed by atoms with Crippen LogP contribution in [-0.4, -0.2) is 55.2 Å². The molecule has 0 bridgehead atoms. The van der Waals surface area contributed by atoms with Gasteiger partial charge in [-0.3, -0.25) is 9.69 Å². The van der Waals surface area contributed by atoms with Crippen molar-refractivity contribution < 1.29 is 14.3 Å². The number of nitrogens with zero attached hydrogens (tertiary/aromatic N) is 2. The molecule has 2 aliphatic rings. The summed E-state index contributed by atoms with van der Waals surface area (Å²) in [5.74, 6) is 1.76. The van der Waals surface area contributed by atoms with Gasteiger partial charge in [0, 0.05) is 51.4 Å². The van der Waals surface area contributed by atoms with Gasteiger partial charge in [0.1, 0.15) is 0 Å². The molecule has 1 amide bonds. The molecule has 0 atom stereocenters. The van der Waals surface area contributed by atoms with Gasteiger partial charge in [0.05, 0.1) is 0 Å². The molecule has 1 N–H and O–H groups in total. The minimum absolute atomic E-state index is 0.0806. The van der Waals surface area contributed by atoms with E-state index in [0.29, 0.717) is 13.2 Å². The van der Waals surface area contributed by atoms with Crippen LogP contribution in [0.5, 0.6) is 11.5 Å². The number of rotatable bonds is 7. The lowest BCUT2D eigenvalue weighted by atomic mass is 10.1. The third kappa shape index (κ3) is 5.28. The molecule has 6 heteroatoms. The number of amides is 1. The van der Waals surface area contributed by atoms with Crippen molar-refractivity contribution in [3.63, 3.8) is 0 Å². The van der Waals surface area contributed by atoms with Gasteiger partial charge in [-0.25, -0.2) is 0 Å². The Morgan fingerprint density at radius 3 is 2.38 bits per heavy atom. The maximum absolute atomic E-state index is 12.2. The predicted molar refractivity (Wildman–Crippen MR) is 113 cm³/mol. The SMILES string of the molecule is CCc1ccc(NC(=O)CCN2CCN(Cc3ccc4c(c3)OCO4)CC2)cc1. The molecule has 29 heavy (non-hydrogen) atoms. The van der Waals surface area contributed by atoms with E-state index < -0.39 is 0 Å². The van der Waals surface area contributed by atoms with Crippen LogP contribution < -0.4 is 14.8 Å². The Hall–Kier alpha value is -2.57. The van der Waals surface area contributed by atoms with Gasteiger partial charge in [-0.1, -0.05) is 25.1 Å². The van der Waals surface area contributed by atoms with E-state index in [2.05, 4.69) is 46.3 Å². The van der Waals surface area contributed by atoms with Crippen molar-refractivity contribution >= 4 is 11.6 Å². The van der Waals surface area contributed by atoms with Crippen molar-refractivity contribution in [1.29, 1.82) is 0 Å². The summed E-state index contributed by atoms with van der Waals surface area (Å²) in [6, 6.07) is 14.3. The topological polar surface area (TPSA) is 54.0 Å². The van der Waals surface area contributed by atoms with E-state index in [1.807, 2.05) is 18.2 Å². The van der Waals surface area contributed by atoms with Gasteiger partial charge >= 0.3 is 0 Å². The third-order valence-corrected chi connectivity index (χ3v) is 5.61. The number of carbonyl (C=O) groups is 1. The predicted octanol–water partition coefficient (Wildman–Crippen LogP) is 3.12. The molecule has 2 heterocycles. The molecule has 4 rings (SSSR count). The summed E-state index contributed by atoms with van der Waals surface area (Å²) in [5, 5.41) is 3.00. The van der Waals surface area contributed by atoms with Gasteiger partial charge in [-0.15, -0.1) is 0 Å². The number of carbonyl (C=O) groups excluding carboxylic acids is 1. The average molecular weight is 396 g/mol. The zero-order chi connectivity index (χ0) is 20.1. The smallest absolute Gasteiger partial charge is 0.231 e. The number of hydrogen-bond acceptors (Lipinski definition) is 5. The first kappa shape index (κ1) is 19.7. The first-order valence-corrected chi connectivity index (χ1v) is 10.4. The van der Waals surface area contributed by atoms with Crippen molar-refractivity contribution in [2.75, 3.05) is 44.8 Å². The van der Waals surface area contributed by atoms with E-state index in [1.54, 1.807) is 0 Å². The van der Waals surface area contributed by atoms with Crippen molar-refractivity contribution in [1.82, 2.24) is 9.80 Å². The summed E-state index contributed by atoms with van der Waals surface area (Å²) < 4.78 is 10.8. The number of anilines is 1. The molecule has 2 aliphatic heterocycles. The first-order valence-electron chi connectivity index (χ1n) is 10.4. The van der Waals surface area contributed by atoms with E-state index in [1.165, 1.54) is 11.1 Å². The molecule has 1 fully saturated rings. The molecular weight excluding hydrogens is 366 g/mol. The highest BCUT2D eigenvalue weighted by Gasteiger charge is 2.19.